The van der Waals surface area contributed by atoms with Crippen LogP contribution in [0, 0.1) is 0 Å². The summed E-state index contributed by atoms with van der Waals surface area (Å²) in [4.78, 5) is 42.6. The average Bonchev–Trinajstić information content (AvgIpc) is 3.14. The van der Waals surface area contributed by atoms with Gasteiger partial charge in [0.05, 0.1) is 22.7 Å². The maximum absolute atomic E-state index is 12.5. The predicted octanol–water partition coefficient (Wildman–Crippen LogP) is 1.55. The molecule has 0 saturated heterocycles. The Balaban J connectivity index is 0.00000348. The van der Waals surface area contributed by atoms with Crippen LogP contribution < -0.4 is 33.7 Å². The second-order valence-electron chi connectivity index (χ2n) is 11.1. The third-order valence-electron chi connectivity index (χ3n) is 7.34. The minimum atomic E-state index is -4.81. The largest absolute Gasteiger partial charge is 0.296 e. The summed E-state index contributed by atoms with van der Waals surface area (Å²) in [6.45, 7) is 0. The first-order chi connectivity index (χ1) is 25.9. The Morgan fingerprint density at radius 2 is 0.750 bits per heavy atom. The van der Waals surface area contributed by atoms with Crippen LogP contribution in [0.4, 0.5) is 22.7 Å². The zero-order valence-electron chi connectivity index (χ0n) is 30.4. The first kappa shape index (κ1) is 44.0. The zero-order valence-corrected chi connectivity index (χ0v) is 36.1. The SMILES string of the molecule is CN=c1[nH]c(=Nc2ccccc2)[nH]c(=Nc2ccc(C=Cc3ccc(N=c4[nH]c(=NC)[nH]c(=Nc5ccccc5)[nH]4)cc3S(=O)(=O)O)c(S(=O)(=O)O)c2)[nH]1.[Na].[Na]. The van der Waals surface area contributed by atoms with Gasteiger partial charge in [0.25, 0.3) is 20.2 Å². The molecular formula is C34H32N12Na2O6S2. The number of para-hydroxylation sites is 2. The van der Waals surface area contributed by atoms with Crippen molar-refractivity contribution in [1.82, 2.24) is 29.9 Å². The van der Waals surface area contributed by atoms with Gasteiger partial charge in [-0.15, -0.1) is 0 Å². The van der Waals surface area contributed by atoms with E-state index < -0.39 is 30.0 Å². The molecule has 0 saturated carbocycles. The Hall–Kier alpha value is -4.74. The molecular weight excluding hydrogens is 783 g/mol. The van der Waals surface area contributed by atoms with Crippen molar-refractivity contribution >= 4 is 114 Å². The van der Waals surface area contributed by atoms with Crippen LogP contribution in [0.1, 0.15) is 11.1 Å². The first-order valence-electron chi connectivity index (χ1n) is 15.8. The normalized spacial score (nSPS) is 13.9. The van der Waals surface area contributed by atoms with E-state index >= 15 is 0 Å². The molecule has 0 aliphatic heterocycles. The molecule has 0 aliphatic rings. The average molecular weight is 815 g/mol. The van der Waals surface area contributed by atoms with E-state index in [4.69, 9.17) is 0 Å². The Kier molecular flexibility index (Phi) is 15.2. The second kappa shape index (κ2) is 19.4. The van der Waals surface area contributed by atoms with Gasteiger partial charge in [-0.1, -0.05) is 60.7 Å². The molecule has 0 aliphatic carbocycles. The maximum atomic E-state index is 12.5. The van der Waals surface area contributed by atoms with Crippen LogP contribution in [0.15, 0.2) is 137 Å². The molecule has 0 unspecified atom stereocenters. The van der Waals surface area contributed by atoms with Crippen molar-refractivity contribution in [3.05, 3.63) is 142 Å². The summed E-state index contributed by atoms with van der Waals surface area (Å²) in [7, 11) is -6.52. The van der Waals surface area contributed by atoms with Crippen molar-refractivity contribution in [2.45, 2.75) is 9.79 Å². The molecule has 0 atom stereocenters. The number of hydrogen-bond donors (Lipinski definition) is 8. The minimum absolute atomic E-state index is 0. The van der Waals surface area contributed by atoms with Crippen LogP contribution in [0.3, 0.4) is 0 Å². The molecule has 0 fully saturated rings. The van der Waals surface area contributed by atoms with E-state index in [1.54, 1.807) is 38.4 Å². The molecule has 0 bridgehead atoms. The standard InChI is InChI=1S/C34H32N12O6S2.2Na/c1-35-29-41-31(37-23-9-5-3-6-10-23)45-33(43-29)39-25-17-15-21(27(19-25)53(47,48)49)13-14-22-16-18-26(20-28(22)54(50,51)52)40-34-44-30(36-2)42-32(46-34)38-24-11-7-4-8-12-24;;/h3-20H,1-2H3,(H,47,48,49)(H,50,51,52)(H3,35,37,39,41,43,45)(H3,36,38,40,42,44,46);;. The Morgan fingerprint density at radius 1 is 0.446 bits per heavy atom. The van der Waals surface area contributed by atoms with Gasteiger partial charge in [-0.2, -0.15) is 16.8 Å². The molecule has 0 amide bonds. The van der Waals surface area contributed by atoms with Gasteiger partial charge in [-0.05, 0) is 59.7 Å². The van der Waals surface area contributed by atoms with Gasteiger partial charge in [-0.25, -0.2) is 20.0 Å². The van der Waals surface area contributed by atoms with Gasteiger partial charge in [0, 0.05) is 73.2 Å². The fourth-order valence-corrected chi connectivity index (χ4v) is 6.32. The molecule has 2 radical (unpaired) electrons. The summed E-state index contributed by atoms with van der Waals surface area (Å²) in [5.74, 6) is 0. The smallest absolute Gasteiger partial charge is 0.295 e. The van der Waals surface area contributed by atoms with E-state index in [-0.39, 0.29) is 92.9 Å². The van der Waals surface area contributed by atoms with Crippen LogP contribution in [0.25, 0.3) is 12.2 Å². The number of nitrogens with zero attached hydrogens (tertiary/aromatic N) is 6. The molecule has 278 valence electrons. The van der Waals surface area contributed by atoms with Crippen LogP contribution in [-0.4, -0.2) is 129 Å². The fraction of sp³-hybridized carbons (Fsp3) is 0.0588. The molecule has 2 aromatic heterocycles. The maximum Gasteiger partial charge on any atom is 0.295 e. The quantitative estimate of drug-likeness (QED) is 0.0641. The summed E-state index contributed by atoms with van der Waals surface area (Å²) in [6, 6.07) is 26.2. The van der Waals surface area contributed by atoms with E-state index in [0.717, 1.165) is 12.1 Å². The number of H-pyrrole nitrogens is 6. The number of aromatic amines is 6. The van der Waals surface area contributed by atoms with E-state index in [1.807, 2.05) is 36.4 Å². The molecule has 18 nitrogen and oxygen atoms in total. The number of aromatic nitrogens is 6. The molecule has 6 rings (SSSR count). The Morgan fingerprint density at radius 3 is 1.05 bits per heavy atom. The van der Waals surface area contributed by atoms with Crippen molar-refractivity contribution in [3.8, 4) is 0 Å². The monoisotopic (exact) mass is 814 g/mol. The van der Waals surface area contributed by atoms with Crippen molar-refractivity contribution in [3.63, 3.8) is 0 Å². The van der Waals surface area contributed by atoms with Crippen LogP contribution in [0.2, 0.25) is 0 Å². The summed E-state index contributed by atoms with van der Waals surface area (Å²) in [5.41, 5.74) is 3.08. The molecule has 6 aromatic rings. The van der Waals surface area contributed by atoms with Gasteiger partial charge < -0.3 is 0 Å². The Bertz CT molecular complexity index is 2830. The first-order valence-corrected chi connectivity index (χ1v) is 18.7. The summed E-state index contributed by atoms with van der Waals surface area (Å²) in [5, 5.41) is 0. The van der Waals surface area contributed by atoms with Crippen LogP contribution in [-0.2, 0) is 20.2 Å². The van der Waals surface area contributed by atoms with E-state index in [9.17, 15) is 25.9 Å². The number of nitrogens with one attached hydrogen (secondary N) is 6. The molecule has 4 aromatic carbocycles. The third kappa shape index (κ3) is 11.9. The van der Waals surface area contributed by atoms with E-state index in [2.05, 4.69) is 59.9 Å². The van der Waals surface area contributed by atoms with Crippen LogP contribution >= 0.6 is 0 Å². The van der Waals surface area contributed by atoms with Crippen LogP contribution in [0.5, 0.6) is 0 Å². The van der Waals surface area contributed by atoms with Gasteiger partial charge in [0.15, 0.2) is 0 Å². The summed E-state index contributed by atoms with van der Waals surface area (Å²) >= 11 is 0. The third-order valence-corrected chi connectivity index (χ3v) is 9.16. The number of benzene rings is 4. The van der Waals surface area contributed by atoms with Crippen molar-refractivity contribution in [2.75, 3.05) is 14.1 Å². The molecule has 22 heteroatoms. The minimum Gasteiger partial charge on any atom is -0.296 e. The molecule has 0 spiro atoms. The van der Waals surface area contributed by atoms with Gasteiger partial charge >= 0.3 is 0 Å². The van der Waals surface area contributed by atoms with Gasteiger partial charge in [-0.3, -0.25) is 49.0 Å². The van der Waals surface area contributed by atoms with E-state index in [1.165, 1.54) is 36.4 Å². The summed E-state index contributed by atoms with van der Waals surface area (Å²) < 4.78 is 70.3. The topological polar surface area (TPSA) is 278 Å². The van der Waals surface area contributed by atoms with Gasteiger partial charge in [0.1, 0.15) is 9.79 Å². The molecule has 8 N–H and O–H groups in total. The van der Waals surface area contributed by atoms with Crippen molar-refractivity contribution in [1.29, 1.82) is 0 Å². The number of rotatable bonds is 8. The van der Waals surface area contributed by atoms with Crippen molar-refractivity contribution in [2.24, 2.45) is 30.0 Å². The molecule has 56 heavy (non-hydrogen) atoms. The van der Waals surface area contributed by atoms with Crippen molar-refractivity contribution < 1.29 is 25.9 Å². The Labute approximate surface area is 362 Å². The number of hydrogen-bond acceptors (Lipinski definition) is 10. The zero-order chi connectivity index (χ0) is 38.3. The van der Waals surface area contributed by atoms with Gasteiger partial charge in [0.2, 0.25) is 33.7 Å². The molecule has 2 heterocycles. The second-order valence-corrected chi connectivity index (χ2v) is 13.9. The summed E-state index contributed by atoms with van der Waals surface area (Å²) in [6.07, 6.45) is 2.55. The fourth-order valence-electron chi connectivity index (χ4n) is 4.92. The predicted molar refractivity (Wildman–Crippen MR) is 209 cm³/mol. The van der Waals surface area contributed by atoms with E-state index in [0.29, 0.717) is 33.8 Å².